The molecule has 34 heavy (non-hydrogen) atoms. The Labute approximate surface area is 197 Å². The molecule has 0 aliphatic heterocycles. The molecule has 0 bridgehead atoms. The van der Waals surface area contributed by atoms with Crippen molar-refractivity contribution in [3.05, 3.63) is 64.3 Å². The first-order valence-electron chi connectivity index (χ1n) is 9.30. The van der Waals surface area contributed by atoms with Crippen LogP contribution in [0.1, 0.15) is 10.4 Å². The number of rotatable bonds is 9. The second kappa shape index (κ2) is 10.3. The SMILES string of the molecule is COc1cccc(OC)c1C(=O)OCC(=O)Nc1ncc(S(=O)(=O)c2ccc([N+](=O)[O-])cc2)s1. The number of benzene rings is 2. The average molecular weight is 508 g/mol. The number of nitrogens with one attached hydrogen (secondary N) is 1. The summed E-state index contributed by atoms with van der Waals surface area (Å²) in [5, 5.41) is 13.0. The number of amides is 1. The standard InChI is InChI=1S/C20H17N3O9S2/c1-30-14-4-3-5-15(31-2)18(14)19(25)32-11-16(24)22-20-21-10-17(33-20)34(28,29)13-8-6-12(7-9-13)23(26)27/h3-10H,11H2,1-2H3,(H,21,22,24). The number of nitrogens with zero attached hydrogens (tertiary/aromatic N) is 2. The molecule has 0 unspecified atom stereocenters. The second-order valence-electron chi connectivity index (χ2n) is 6.40. The number of hydrogen-bond donors (Lipinski definition) is 1. The summed E-state index contributed by atoms with van der Waals surface area (Å²) in [6.07, 6.45) is 1.04. The molecular formula is C20H17N3O9S2. The number of hydrogen-bond acceptors (Lipinski definition) is 11. The maximum Gasteiger partial charge on any atom is 0.346 e. The quantitative estimate of drug-likeness (QED) is 0.259. The van der Waals surface area contributed by atoms with Gasteiger partial charge in [0.25, 0.3) is 11.6 Å². The highest BCUT2D eigenvalue weighted by molar-refractivity contribution is 7.93. The van der Waals surface area contributed by atoms with E-state index in [1.54, 1.807) is 6.07 Å². The lowest BCUT2D eigenvalue weighted by Gasteiger charge is -2.12. The fraction of sp³-hybridized carbons (Fsp3) is 0.150. The summed E-state index contributed by atoms with van der Waals surface area (Å²) in [4.78, 5) is 38.4. The van der Waals surface area contributed by atoms with Crippen LogP contribution in [0.2, 0.25) is 0 Å². The van der Waals surface area contributed by atoms with Gasteiger partial charge < -0.3 is 14.2 Å². The van der Waals surface area contributed by atoms with Gasteiger partial charge in [0.2, 0.25) is 9.84 Å². The van der Waals surface area contributed by atoms with E-state index >= 15 is 0 Å². The van der Waals surface area contributed by atoms with Crippen molar-refractivity contribution >= 4 is 43.9 Å². The van der Waals surface area contributed by atoms with Crippen LogP contribution in [0.4, 0.5) is 10.8 Å². The first kappa shape index (κ1) is 24.6. The summed E-state index contributed by atoms with van der Waals surface area (Å²) in [6, 6.07) is 9.03. The van der Waals surface area contributed by atoms with E-state index in [2.05, 4.69) is 10.3 Å². The van der Waals surface area contributed by atoms with Gasteiger partial charge in [0, 0.05) is 12.1 Å². The summed E-state index contributed by atoms with van der Waals surface area (Å²) in [6.45, 7) is -0.677. The van der Waals surface area contributed by atoms with Crippen molar-refractivity contribution in [2.24, 2.45) is 0 Å². The summed E-state index contributed by atoms with van der Waals surface area (Å²) in [5.41, 5.74) is -0.248. The lowest BCUT2D eigenvalue weighted by molar-refractivity contribution is -0.384. The van der Waals surface area contributed by atoms with Crippen LogP contribution in [0, 0.1) is 10.1 Å². The Morgan fingerprint density at radius 1 is 1.09 bits per heavy atom. The van der Waals surface area contributed by atoms with Crippen molar-refractivity contribution in [3.8, 4) is 11.5 Å². The second-order valence-corrected chi connectivity index (χ2v) is 9.61. The maximum atomic E-state index is 12.7. The van der Waals surface area contributed by atoms with Crippen LogP contribution in [-0.2, 0) is 19.4 Å². The zero-order valence-corrected chi connectivity index (χ0v) is 19.3. The van der Waals surface area contributed by atoms with Gasteiger partial charge in [0.05, 0.1) is 30.2 Å². The van der Waals surface area contributed by atoms with Crippen molar-refractivity contribution in [2.45, 2.75) is 9.10 Å². The summed E-state index contributed by atoms with van der Waals surface area (Å²) in [5.74, 6) is -1.21. The molecule has 0 spiro atoms. The molecule has 0 saturated heterocycles. The number of aromatic nitrogens is 1. The molecule has 0 atom stereocenters. The van der Waals surface area contributed by atoms with Gasteiger partial charge in [-0.25, -0.2) is 18.2 Å². The molecule has 1 amide bonds. The van der Waals surface area contributed by atoms with Gasteiger partial charge in [0.1, 0.15) is 21.3 Å². The average Bonchev–Trinajstić information content (AvgIpc) is 3.31. The molecule has 1 aromatic heterocycles. The van der Waals surface area contributed by atoms with Crippen LogP contribution in [0.25, 0.3) is 0 Å². The van der Waals surface area contributed by atoms with Crippen molar-refractivity contribution in [2.75, 3.05) is 26.1 Å². The molecule has 0 fully saturated rings. The highest BCUT2D eigenvalue weighted by Gasteiger charge is 2.24. The van der Waals surface area contributed by atoms with Gasteiger partial charge >= 0.3 is 5.97 Å². The third-order valence-electron chi connectivity index (χ3n) is 4.32. The van der Waals surface area contributed by atoms with Crippen LogP contribution >= 0.6 is 11.3 Å². The Morgan fingerprint density at radius 3 is 2.26 bits per heavy atom. The molecule has 2 aromatic carbocycles. The Kier molecular flexibility index (Phi) is 7.43. The first-order chi connectivity index (χ1) is 16.2. The highest BCUT2D eigenvalue weighted by atomic mass is 32.2. The number of carbonyl (C=O) groups is 2. The molecule has 0 aliphatic carbocycles. The number of nitro groups is 1. The molecule has 14 heteroatoms. The number of non-ortho nitro benzene ring substituents is 1. The number of nitro benzene ring substituents is 1. The number of ether oxygens (including phenoxy) is 3. The minimum Gasteiger partial charge on any atom is -0.496 e. The van der Waals surface area contributed by atoms with Crippen molar-refractivity contribution < 1.29 is 37.1 Å². The molecule has 12 nitrogen and oxygen atoms in total. The molecule has 0 saturated carbocycles. The van der Waals surface area contributed by atoms with E-state index in [0.717, 1.165) is 30.5 Å². The van der Waals surface area contributed by atoms with Crippen molar-refractivity contribution in [1.82, 2.24) is 4.98 Å². The zero-order chi connectivity index (χ0) is 24.9. The van der Waals surface area contributed by atoms with Crippen LogP contribution in [0.3, 0.4) is 0 Å². The van der Waals surface area contributed by atoms with Gasteiger partial charge in [-0.15, -0.1) is 0 Å². The number of sulfone groups is 1. The van der Waals surface area contributed by atoms with E-state index in [1.807, 2.05) is 0 Å². The maximum absolute atomic E-state index is 12.7. The lowest BCUT2D eigenvalue weighted by Crippen LogP contribution is -2.21. The molecule has 3 aromatic rings. The number of methoxy groups -OCH3 is 2. The zero-order valence-electron chi connectivity index (χ0n) is 17.7. The normalized spacial score (nSPS) is 10.9. The van der Waals surface area contributed by atoms with Crippen LogP contribution in [0.15, 0.2) is 57.8 Å². The van der Waals surface area contributed by atoms with Crippen LogP contribution < -0.4 is 14.8 Å². The van der Waals surface area contributed by atoms with Gasteiger partial charge in [-0.05, 0) is 24.3 Å². The third-order valence-corrected chi connectivity index (χ3v) is 7.46. The topological polar surface area (TPSA) is 164 Å². The number of carbonyl (C=O) groups excluding carboxylic acids is 2. The van der Waals surface area contributed by atoms with E-state index in [0.29, 0.717) is 11.3 Å². The van der Waals surface area contributed by atoms with Gasteiger partial charge in [-0.2, -0.15) is 0 Å². The van der Waals surface area contributed by atoms with E-state index in [1.165, 1.54) is 26.4 Å². The lowest BCUT2D eigenvalue weighted by atomic mass is 10.2. The fourth-order valence-electron chi connectivity index (χ4n) is 2.72. The Hall–Kier alpha value is -4.04. The molecule has 1 heterocycles. The molecule has 3 rings (SSSR count). The minimum absolute atomic E-state index is 0.00558. The molecule has 0 radical (unpaired) electrons. The summed E-state index contributed by atoms with van der Waals surface area (Å²) < 4.78 is 40.5. The monoisotopic (exact) mass is 507 g/mol. The van der Waals surface area contributed by atoms with E-state index in [9.17, 15) is 28.1 Å². The van der Waals surface area contributed by atoms with Crippen molar-refractivity contribution in [1.29, 1.82) is 0 Å². The summed E-state index contributed by atoms with van der Waals surface area (Å²) >= 11 is 0.671. The Balaban J connectivity index is 1.66. The fourth-order valence-corrected chi connectivity index (χ4v) is 5.16. The molecule has 0 aliphatic rings. The van der Waals surface area contributed by atoms with E-state index in [-0.39, 0.29) is 37.0 Å². The molecular weight excluding hydrogens is 490 g/mol. The predicted octanol–water partition coefficient (Wildman–Crippen LogP) is 2.70. The third kappa shape index (κ3) is 5.29. The first-order valence-corrected chi connectivity index (χ1v) is 11.6. The van der Waals surface area contributed by atoms with Gasteiger partial charge in [-0.3, -0.25) is 20.2 Å². The molecule has 178 valence electrons. The number of anilines is 1. The van der Waals surface area contributed by atoms with Crippen LogP contribution in [-0.4, -0.2) is 51.0 Å². The summed E-state index contributed by atoms with van der Waals surface area (Å²) in [7, 11) is -1.28. The van der Waals surface area contributed by atoms with Gasteiger partial charge in [0.15, 0.2) is 11.7 Å². The smallest absolute Gasteiger partial charge is 0.346 e. The largest absolute Gasteiger partial charge is 0.496 e. The minimum atomic E-state index is -4.00. The van der Waals surface area contributed by atoms with E-state index in [4.69, 9.17) is 14.2 Å². The highest BCUT2D eigenvalue weighted by Crippen LogP contribution is 2.30. The predicted molar refractivity (Wildman–Crippen MR) is 119 cm³/mol. The number of thiazole rings is 1. The van der Waals surface area contributed by atoms with E-state index < -0.39 is 33.2 Å². The Bertz CT molecular complexity index is 1310. The molecule has 1 N–H and O–H groups in total. The van der Waals surface area contributed by atoms with Crippen molar-refractivity contribution in [3.63, 3.8) is 0 Å². The van der Waals surface area contributed by atoms with Crippen LogP contribution in [0.5, 0.6) is 11.5 Å². The Morgan fingerprint density at radius 2 is 1.71 bits per heavy atom. The van der Waals surface area contributed by atoms with Gasteiger partial charge in [-0.1, -0.05) is 17.4 Å². The number of esters is 1.